The van der Waals surface area contributed by atoms with E-state index in [-0.39, 0.29) is 0 Å². The monoisotopic (exact) mass is 265 g/mol. The lowest BCUT2D eigenvalue weighted by Gasteiger charge is -2.24. The van der Waals surface area contributed by atoms with Crippen LogP contribution >= 0.6 is 0 Å². The van der Waals surface area contributed by atoms with Gasteiger partial charge in [-0.15, -0.1) is 0 Å². The van der Waals surface area contributed by atoms with Crippen LogP contribution in [0.5, 0.6) is 0 Å². The molecular formula is C14H23N3O2. The summed E-state index contributed by atoms with van der Waals surface area (Å²) in [5, 5.41) is 3.42. The quantitative estimate of drug-likeness (QED) is 0.896. The number of fused-ring (bicyclic) bond motifs is 1. The van der Waals surface area contributed by atoms with Gasteiger partial charge in [0, 0.05) is 26.3 Å². The molecular weight excluding hydrogens is 242 g/mol. The first kappa shape index (κ1) is 13.1. The number of rotatable bonds is 4. The first-order valence-electron chi connectivity index (χ1n) is 7.28. The number of hydrogen-bond donors (Lipinski definition) is 1. The van der Waals surface area contributed by atoms with Gasteiger partial charge in [0.2, 0.25) is 0 Å². The Morgan fingerprint density at radius 3 is 3.16 bits per heavy atom. The second kappa shape index (κ2) is 6.03. The summed E-state index contributed by atoms with van der Waals surface area (Å²) in [6.45, 7) is 7.46. The average molecular weight is 265 g/mol. The molecule has 0 unspecified atom stereocenters. The van der Waals surface area contributed by atoms with Gasteiger partial charge in [0.25, 0.3) is 0 Å². The third-order valence-electron chi connectivity index (χ3n) is 4.09. The topological polar surface area (TPSA) is 48.3 Å². The zero-order chi connectivity index (χ0) is 13.1. The SMILES string of the molecule is C[C@H]1NCCn2c(COCC3CCOCC3)cnc21. The maximum atomic E-state index is 5.88. The van der Waals surface area contributed by atoms with Crippen molar-refractivity contribution in [3.63, 3.8) is 0 Å². The molecule has 1 atom stereocenters. The molecule has 2 aliphatic heterocycles. The summed E-state index contributed by atoms with van der Waals surface area (Å²) in [5.74, 6) is 1.80. The van der Waals surface area contributed by atoms with Gasteiger partial charge < -0.3 is 19.4 Å². The normalized spacial score (nSPS) is 24.4. The van der Waals surface area contributed by atoms with Gasteiger partial charge in [-0.25, -0.2) is 4.98 Å². The van der Waals surface area contributed by atoms with E-state index in [0.29, 0.717) is 18.6 Å². The van der Waals surface area contributed by atoms with Crippen LogP contribution in [0.15, 0.2) is 6.20 Å². The van der Waals surface area contributed by atoms with Crippen LogP contribution in [-0.2, 0) is 22.6 Å². The molecule has 0 saturated carbocycles. The highest BCUT2D eigenvalue weighted by atomic mass is 16.5. The Labute approximate surface area is 114 Å². The van der Waals surface area contributed by atoms with Crippen molar-refractivity contribution in [2.45, 2.75) is 39.0 Å². The predicted octanol–water partition coefficient (Wildman–Crippen LogP) is 1.49. The van der Waals surface area contributed by atoms with Crippen molar-refractivity contribution >= 4 is 0 Å². The molecule has 106 valence electrons. The van der Waals surface area contributed by atoms with Gasteiger partial charge in [-0.3, -0.25) is 0 Å². The minimum absolute atomic E-state index is 0.345. The number of ether oxygens (including phenoxy) is 2. The van der Waals surface area contributed by atoms with Gasteiger partial charge in [-0.2, -0.15) is 0 Å². The van der Waals surface area contributed by atoms with E-state index in [2.05, 4.69) is 21.8 Å². The Morgan fingerprint density at radius 2 is 2.32 bits per heavy atom. The first-order chi connectivity index (χ1) is 9.34. The van der Waals surface area contributed by atoms with Gasteiger partial charge in [0.05, 0.1) is 31.1 Å². The van der Waals surface area contributed by atoms with Crippen LogP contribution in [0.1, 0.15) is 37.3 Å². The maximum absolute atomic E-state index is 5.88. The average Bonchev–Trinajstić information content (AvgIpc) is 2.85. The van der Waals surface area contributed by atoms with Gasteiger partial charge in [0.1, 0.15) is 5.82 Å². The molecule has 0 bridgehead atoms. The van der Waals surface area contributed by atoms with E-state index in [9.17, 15) is 0 Å². The maximum Gasteiger partial charge on any atom is 0.125 e. The predicted molar refractivity (Wildman–Crippen MR) is 71.8 cm³/mol. The van der Waals surface area contributed by atoms with E-state index in [1.807, 2.05) is 6.20 Å². The van der Waals surface area contributed by atoms with E-state index < -0.39 is 0 Å². The molecule has 3 heterocycles. The van der Waals surface area contributed by atoms with Gasteiger partial charge >= 0.3 is 0 Å². The molecule has 2 aliphatic rings. The molecule has 5 heteroatoms. The van der Waals surface area contributed by atoms with Gasteiger partial charge in [0.15, 0.2) is 0 Å². The van der Waals surface area contributed by atoms with E-state index in [1.54, 1.807) is 0 Å². The first-order valence-corrected chi connectivity index (χ1v) is 7.28. The standard InChI is InChI=1S/C14H23N3O2/c1-11-14-16-8-13(17(14)5-4-15-11)10-19-9-12-2-6-18-7-3-12/h8,11-12,15H,2-7,9-10H2,1H3/t11-/m1/s1. The number of hydrogen-bond acceptors (Lipinski definition) is 4. The lowest BCUT2D eigenvalue weighted by molar-refractivity contribution is 0.0143. The van der Waals surface area contributed by atoms with Crippen LogP contribution in [0.2, 0.25) is 0 Å². The van der Waals surface area contributed by atoms with Crippen LogP contribution in [-0.4, -0.2) is 35.9 Å². The van der Waals surface area contributed by atoms with Crippen LogP contribution in [0.3, 0.4) is 0 Å². The van der Waals surface area contributed by atoms with Crippen LogP contribution in [0.25, 0.3) is 0 Å². The van der Waals surface area contributed by atoms with Crippen molar-refractivity contribution in [3.8, 4) is 0 Å². The molecule has 0 aromatic carbocycles. The van der Waals surface area contributed by atoms with E-state index in [4.69, 9.17) is 9.47 Å². The number of nitrogens with zero attached hydrogens (tertiary/aromatic N) is 2. The van der Waals surface area contributed by atoms with Crippen molar-refractivity contribution in [1.82, 2.24) is 14.9 Å². The zero-order valence-corrected chi connectivity index (χ0v) is 11.6. The van der Waals surface area contributed by atoms with Crippen molar-refractivity contribution in [1.29, 1.82) is 0 Å². The molecule has 3 rings (SSSR count). The lowest BCUT2D eigenvalue weighted by atomic mass is 10.0. The third kappa shape index (κ3) is 2.99. The second-order valence-corrected chi connectivity index (χ2v) is 5.51. The molecule has 0 amide bonds. The van der Waals surface area contributed by atoms with Crippen LogP contribution in [0, 0.1) is 5.92 Å². The molecule has 1 saturated heterocycles. The summed E-state index contributed by atoms with van der Waals surface area (Å²) < 4.78 is 13.5. The van der Waals surface area contributed by atoms with Crippen molar-refractivity contribution in [2.24, 2.45) is 5.92 Å². The molecule has 1 aromatic heterocycles. The number of aromatic nitrogens is 2. The van der Waals surface area contributed by atoms with Crippen LogP contribution < -0.4 is 5.32 Å². The summed E-state index contributed by atoms with van der Waals surface area (Å²) in [5.41, 5.74) is 1.20. The molecule has 0 radical (unpaired) electrons. The number of nitrogens with one attached hydrogen (secondary N) is 1. The minimum atomic E-state index is 0.345. The number of imidazole rings is 1. The van der Waals surface area contributed by atoms with E-state index in [1.165, 1.54) is 5.69 Å². The Kier molecular flexibility index (Phi) is 4.15. The Hall–Kier alpha value is -0.910. The zero-order valence-electron chi connectivity index (χ0n) is 11.6. The summed E-state index contributed by atoms with van der Waals surface area (Å²) in [6, 6.07) is 0.345. The molecule has 19 heavy (non-hydrogen) atoms. The highest BCUT2D eigenvalue weighted by Gasteiger charge is 2.20. The third-order valence-corrected chi connectivity index (χ3v) is 4.09. The Bertz CT molecular complexity index is 413. The van der Waals surface area contributed by atoms with Gasteiger partial charge in [-0.1, -0.05) is 0 Å². The highest BCUT2D eigenvalue weighted by Crippen LogP contribution is 2.19. The molecule has 5 nitrogen and oxygen atoms in total. The van der Waals surface area contributed by atoms with Crippen molar-refractivity contribution in [2.75, 3.05) is 26.4 Å². The lowest BCUT2D eigenvalue weighted by Crippen LogP contribution is -2.32. The fourth-order valence-corrected chi connectivity index (χ4v) is 2.87. The summed E-state index contributed by atoms with van der Waals surface area (Å²) >= 11 is 0. The smallest absolute Gasteiger partial charge is 0.125 e. The summed E-state index contributed by atoms with van der Waals surface area (Å²) in [6.07, 6.45) is 4.22. The van der Waals surface area contributed by atoms with E-state index >= 15 is 0 Å². The van der Waals surface area contributed by atoms with E-state index in [0.717, 1.165) is 51.6 Å². The second-order valence-electron chi connectivity index (χ2n) is 5.51. The molecule has 1 fully saturated rings. The van der Waals surface area contributed by atoms with Crippen molar-refractivity contribution < 1.29 is 9.47 Å². The minimum Gasteiger partial charge on any atom is -0.381 e. The Morgan fingerprint density at radius 1 is 1.47 bits per heavy atom. The fraction of sp³-hybridized carbons (Fsp3) is 0.786. The summed E-state index contributed by atoms with van der Waals surface area (Å²) in [7, 11) is 0. The highest BCUT2D eigenvalue weighted by molar-refractivity contribution is 5.09. The Balaban J connectivity index is 1.52. The molecule has 1 N–H and O–H groups in total. The fourth-order valence-electron chi connectivity index (χ4n) is 2.87. The van der Waals surface area contributed by atoms with Crippen LogP contribution in [0.4, 0.5) is 0 Å². The molecule has 0 aliphatic carbocycles. The molecule has 0 spiro atoms. The molecule has 1 aromatic rings. The van der Waals surface area contributed by atoms with Crippen molar-refractivity contribution in [3.05, 3.63) is 17.7 Å². The van der Waals surface area contributed by atoms with Gasteiger partial charge in [-0.05, 0) is 25.7 Å². The summed E-state index contributed by atoms with van der Waals surface area (Å²) in [4.78, 5) is 4.50. The largest absolute Gasteiger partial charge is 0.381 e.